The largest absolute Gasteiger partial charge is 0.480 e. The van der Waals surface area contributed by atoms with E-state index in [9.17, 15) is 13.9 Å². The van der Waals surface area contributed by atoms with Gasteiger partial charge in [-0.05, 0) is 18.6 Å². The maximum absolute atomic E-state index is 13.7. The minimum Gasteiger partial charge on any atom is -0.480 e. The van der Waals surface area contributed by atoms with Crippen molar-refractivity contribution in [3.05, 3.63) is 52.7 Å². The molecule has 1 atom stereocenters. The minimum absolute atomic E-state index is 0.114. The Kier molecular flexibility index (Phi) is 3.71. The first-order valence-electron chi connectivity index (χ1n) is 5.54. The highest BCUT2D eigenvalue weighted by Gasteiger charge is 2.20. The fourth-order valence-corrected chi connectivity index (χ4v) is 1.62. The fourth-order valence-electron chi connectivity index (χ4n) is 1.62. The number of methoxy groups -OCH3 is 1. The lowest BCUT2D eigenvalue weighted by molar-refractivity contribution is 0.206. The Bertz CT molecular complexity index is 588. The highest BCUT2D eigenvalue weighted by Crippen LogP contribution is 2.26. The van der Waals surface area contributed by atoms with E-state index in [2.05, 4.69) is 10.2 Å². The van der Waals surface area contributed by atoms with E-state index in [4.69, 9.17) is 4.74 Å². The van der Waals surface area contributed by atoms with E-state index in [0.717, 1.165) is 0 Å². The molecule has 0 saturated carbocycles. The van der Waals surface area contributed by atoms with E-state index < -0.39 is 17.7 Å². The molecule has 19 heavy (non-hydrogen) atoms. The van der Waals surface area contributed by atoms with Crippen molar-refractivity contribution >= 4 is 0 Å². The summed E-state index contributed by atoms with van der Waals surface area (Å²) in [5.74, 6) is -1.78. The molecular formula is C13H12F2N2O2. The molecule has 2 rings (SSSR count). The number of aliphatic hydroxyl groups excluding tert-OH is 1. The maximum Gasteiger partial charge on any atom is 0.233 e. The van der Waals surface area contributed by atoms with Crippen molar-refractivity contribution in [3.63, 3.8) is 0 Å². The first kappa shape index (κ1) is 13.4. The minimum atomic E-state index is -1.38. The second kappa shape index (κ2) is 5.27. The summed E-state index contributed by atoms with van der Waals surface area (Å²) in [7, 11) is 1.43. The molecule has 2 aromatic rings. The monoisotopic (exact) mass is 266 g/mol. The number of nitrogens with zero attached hydrogens (tertiary/aromatic N) is 2. The molecule has 1 aromatic heterocycles. The summed E-state index contributed by atoms with van der Waals surface area (Å²) < 4.78 is 32.0. The third-order valence-corrected chi connectivity index (χ3v) is 2.75. The summed E-state index contributed by atoms with van der Waals surface area (Å²) in [6.45, 7) is 1.45. The molecule has 6 heteroatoms. The number of aryl methyl sites for hydroxylation is 1. The molecule has 100 valence electrons. The number of benzene rings is 1. The number of rotatable bonds is 3. The average molecular weight is 266 g/mol. The van der Waals surface area contributed by atoms with Gasteiger partial charge in [0.05, 0.1) is 12.8 Å². The lowest BCUT2D eigenvalue weighted by Crippen LogP contribution is -2.08. The molecular weight excluding hydrogens is 254 g/mol. The van der Waals surface area contributed by atoms with Crippen molar-refractivity contribution in [3.8, 4) is 5.88 Å². The SMILES string of the molecule is COc1ccc(C(O)c2ccc(C)c(F)c2F)nn1. The third kappa shape index (κ3) is 2.53. The Labute approximate surface area is 108 Å². The first-order valence-corrected chi connectivity index (χ1v) is 5.54. The number of hydrogen-bond donors (Lipinski definition) is 1. The van der Waals surface area contributed by atoms with E-state index in [1.54, 1.807) is 0 Å². The molecule has 0 aliphatic rings. The molecule has 1 N–H and O–H groups in total. The second-order valence-corrected chi connectivity index (χ2v) is 4.00. The molecule has 0 aliphatic carbocycles. The summed E-state index contributed by atoms with van der Waals surface area (Å²) >= 11 is 0. The zero-order valence-electron chi connectivity index (χ0n) is 10.4. The van der Waals surface area contributed by atoms with Gasteiger partial charge < -0.3 is 9.84 Å². The highest BCUT2D eigenvalue weighted by molar-refractivity contribution is 5.31. The maximum atomic E-state index is 13.7. The zero-order chi connectivity index (χ0) is 14.0. The van der Waals surface area contributed by atoms with Gasteiger partial charge in [-0.2, -0.15) is 0 Å². The molecule has 0 amide bonds. The summed E-state index contributed by atoms with van der Waals surface area (Å²) in [5.41, 5.74) is 0.111. The summed E-state index contributed by atoms with van der Waals surface area (Å²) in [6.07, 6.45) is -1.38. The van der Waals surface area contributed by atoms with Crippen molar-refractivity contribution in [1.82, 2.24) is 10.2 Å². The summed E-state index contributed by atoms with van der Waals surface area (Å²) in [6, 6.07) is 5.64. The van der Waals surface area contributed by atoms with Crippen LogP contribution in [-0.2, 0) is 0 Å². The predicted molar refractivity (Wildman–Crippen MR) is 63.7 cm³/mol. The Hall–Kier alpha value is -2.08. The lowest BCUT2D eigenvalue weighted by Gasteiger charge is -2.12. The zero-order valence-corrected chi connectivity index (χ0v) is 10.4. The number of aromatic nitrogens is 2. The van der Waals surface area contributed by atoms with E-state index >= 15 is 0 Å². The predicted octanol–water partition coefficient (Wildman–Crippen LogP) is 2.15. The van der Waals surface area contributed by atoms with E-state index in [0.29, 0.717) is 0 Å². The Balaban J connectivity index is 2.38. The molecule has 0 radical (unpaired) electrons. The van der Waals surface area contributed by atoms with Crippen LogP contribution in [0.4, 0.5) is 8.78 Å². The Morgan fingerprint density at radius 3 is 2.42 bits per heavy atom. The average Bonchev–Trinajstić information content (AvgIpc) is 2.44. The quantitative estimate of drug-likeness (QED) is 0.924. The lowest BCUT2D eigenvalue weighted by atomic mass is 10.0. The normalized spacial score (nSPS) is 12.3. The molecule has 1 unspecified atom stereocenters. The van der Waals surface area contributed by atoms with Crippen molar-refractivity contribution in [2.45, 2.75) is 13.0 Å². The molecule has 0 saturated heterocycles. The van der Waals surface area contributed by atoms with Crippen LogP contribution in [-0.4, -0.2) is 22.4 Å². The van der Waals surface area contributed by atoms with Gasteiger partial charge in [-0.15, -0.1) is 10.2 Å². The number of aliphatic hydroxyl groups is 1. The fraction of sp³-hybridized carbons (Fsp3) is 0.231. The third-order valence-electron chi connectivity index (χ3n) is 2.75. The van der Waals surface area contributed by atoms with Crippen LogP contribution in [0.25, 0.3) is 0 Å². The van der Waals surface area contributed by atoms with Gasteiger partial charge >= 0.3 is 0 Å². The van der Waals surface area contributed by atoms with Crippen LogP contribution < -0.4 is 4.74 Å². The topological polar surface area (TPSA) is 55.2 Å². The van der Waals surface area contributed by atoms with Crippen molar-refractivity contribution in [1.29, 1.82) is 0 Å². The standard InChI is InChI=1S/C13H12F2N2O2/c1-7-3-4-8(12(15)11(7)14)13(18)9-5-6-10(19-2)17-16-9/h3-6,13,18H,1-2H3. The van der Waals surface area contributed by atoms with Gasteiger partial charge in [-0.1, -0.05) is 12.1 Å². The van der Waals surface area contributed by atoms with Gasteiger partial charge in [-0.3, -0.25) is 0 Å². The molecule has 0 fully saturated rings. The van der Waals surface area contributed by atoms with Crippen LogP contribution in [0, 0.1) is 18.6 Å². The smallest absolute Gasteiger partial charge is 0.233 e. The van der Waals surface area contributed by atoms with Gasteiger partial charge in [0.1, 0.15) is 6.10 Å². The second-order valence-electron chi connectivity index (χ2n) is 4.00. The van der Waals surface area contributed by atoms with Gasteiger partial charge in [0.25, 0.3) is 0 Å². The highest BCUT2D eigenvalue weighted by atomic mass is 19.2. The van der Waals surface area contributed by atoms with Crippen LogP contribution in [0.15, 0.2) is 24.3 Å². The number of halogens is 2. The first-order chi connectivity index (χ1) is 9.04. The number of hydrogen-bond acceptors (Lipinski definition) is 4. The van der Waals surface area contributed by atoms with Crippen molar-refractivity contribution in [2.75, 3.05) is 7.11 Å². The number of ether oxygens (including phenoxy) is 1. The van der Waals surface area contributed by atoms with Crippen LogP contribution in [0.3, 0.4) is 0 Å². The molecule has 0 aliphatic heterocycles. The van der Waals surface area contributed by atoms with E-state index in [1.807, 2.05) is 0 Å². The van der Waals surface area contributed by atoms with Gasteiger partial charge in [0.15, 0.2) is 11.6 Å². The van der Waals surface area contributed by atoms with E-state index in [-0.39, 0.29) is 22.7 Å². The van der Waals surface area contributed by atoms with Crippen molar-refractivity contribution in [2.24, 2.45) is 0 Å². The van der Waals surface area contributed by atoms with Crippen LogP contribution in [0.1, 0.15) is 22.9 Å². The van der Waals surface area contributed by atoms with E-state index in [1.165, 1.54) is 38.3 Å². The molecule has 0 spiro atoms. The van der Waals surface area contributed by atoms with Gasteiger partial charge in [0, 0.05) is 11.6 Å². The van der Waals surface area contributed by atoms with Gasteiger partial charge in [0.2, 0.25) is 5.88 Å². The van der Waals surface area contributed by atoms with Crippen LogP contribution in [0.5, 0.6) is 5.88 Å². The van der Waals surface area contributed by atoms with Gasteiger partial charge in [-0.25, -0.2) is 8.78 Å². The molecule has 1 heterocycles. The summed E-state index contributed by atoms with van der Waals surface area (Å²) in [4.78, 5) is 0. The Morgan fingerprint density at radius 2 is 1.84 bits per heavy atom. The molecule has 0 bridgehead atoms. The Morgan fingerprint density at radius 1 is 1.11 bits per heavy atom. The van der Waals surface area contributed by atoms with Crippen LogP contribution in [0.2, 0.25) is 0 Å². The molecule has 4 nitrogen and oxygen atoms in total. The van der Waals surface area contributed by atoms with Crippen molar-refractivity contribution < 1.29 is 18.6 Å². The molecule has 1 aromatic carbocycles. The summed E-state index contributed by atoms with van der Waals surface area (Å²) in [5, 5.41) is 17.4. The van der Waals surface area contributed by atoms with Crippen LogP contribution >= 0.6 is 0 Å².